The lowest BCUT2D eigenvalue weighted by Crippen LogP contribution is -2.40. The van der Waals surface area contributed by atoms with Crippen LogP contribution < -0.4 is 5.32 Å². The second-order valence-corrected chi connectivity index (χ2v) is 8.74. The second kappa shape index (κ2) is 12.4. The van der Waals surface area contributed by atoms with Crippen LogP contribution in [0.25, 0.3) is 0 Å². The van der Waals surface area contributed by atoms with E-state index in [9.17, 15) is 4.79 Å². The van der Waals surface area contributed by atoms with Crippen LogP contribution in [-0.4, -0.2) is 32.9 Å². The van der Waals surface area contributed by atoms with E-state index in [0.717, 1.165) is 37.1 Å². The number of rotatable bonds is 10. The summed E-state index contributed by atoms with van der Waals surface area (Å²) in [6.07, 6.45) is 6.63. The van der Waals surface area contributed by atoms with Gasteiger partial charge in [-0.1, -0.05) is 55.8 Å². The van der Waals surface area contributed by atoms with Crippen LogP contribution in [0.15, 0.2) is 67.1 Å². The van der Waals surface area contributed by atoms with E-state index in [1.807, 2.05) is 59.9 Å². The number of benzene rings is 2. The summed E-state index contributed by atoms with van der Waals surface area (Å²) >= 11 is 0. The first-order chi connectivity index (χ1) is 16.2. The first kappa shape index (κ1) is 25.5. The highest BCUT2D eigenvalue weighted by Gasteiger charge is 2.36. The van der Waals surface area contributed by atoms with Gasteiger partial charge >= 0.3 is 0 Å². The Labute approximate surface area is 208 Å². The van der Waals surface area contributed by atoms with Crippen LogP contribution in [-0.2, 0) is 24.4 Å². The number of nitrogens with one attached hydrogen (secondary N) is 1. The fraction of sp³-hybridized carbons (Fsp3) is 0.370. The van der Waals surface area contributed by atoms with Crippen LogP contribution >= 0.6 is 12.4 Å². The Balaban J connectivity index is 0.00000324. The Morgan fingerprint density at radius 1 is 1.12 bits per heavy atom. The smallest absolute Gasteiger partial charge is 0.227 e. The zero-order chi connectivity index (χ0) is 23.0. The molecule has 0 bridgehead atoms. The molecule has 1 aromatic heterocycles. The van der Waals surface area contributed by atoms with Crippen LogP contribution in [0.4, 0.5) is 0 Å². The summed E-state index contributed by atoms with van der Waals surface area (Å²) in [7, 11) is 0. The Morgan fingerprint density at radius 3 is 2.56 bits per heavy atom. The minimum atomic E-state index is 0. The molecule has 34 heavy (non-hydrogen) atoms. The number of carbonyl (C=O) groups is 1. The highest BCUT2D eigenvalue weighted by molar-refractivity contribution is 5.85. The number of amides is 1. The third-order valence-electron chi connectivity index (χ3n) is 6.42. The Bertz CT molecular complexity index is 1090. The van der Waals surface area contributed by atoms with E-state index in [1.54, 1.807) is 0 Å². The van der Waals surface area contributed by atoms with Crippen molar-refractivity contribution in [2.45, 2.75) is 51.9 Å². The number of nitriles is 1. The Morgan fingerprint density at radius 2 is 1.85 bits per heavy atom. The molecule has 2 aromatic carbocycles. The average Bonchev–Trinajstić information content (AvgIpc) is 3.44. The molecule has 1 fully saturated rings. The van der Waals surface area contributed by atoms with Crippen LogP contribution in [0.2, 0.25) is 0 Å². The van der Waals surface area contributed by atoms with Gasteiger partial charge in [-0.15, -0.1) is 12.4 Å². The number of aromatic nitrogens is 2. The molecule has 1 aliphatic rings. The van der Waals surface area contributed by atoms with E-state index in [1.165, 1.54) is 5.56 Å². The molecule has 0 radical (unpaired) electrons. The number of carbonyl (C=O) groups excluding carboxylic acids is 1. The van der Waals surface area contributed by atoms with Gasteiger partial charge in [-0.2, -0.15) is 5.26 Å². The van der Waals surface area contributed by atoms with Gasteiger partial charge in [-0.3, -0.25) is 4.79 Å². The highest BCUT2D eigenvalue weighted by Crippen LogP contribution is 2.26. The molecule has 1 amide bonds. The molecule has 6 nitrogen and oxygen atoms in total. The maximum atomic E-state index is 13.2. The van der Waals surface area contributed by atoms with Gasteiger partial charge in [0.05, 0.1) is 29.6 Å². The van der Waals surface area contributed by atoms with Crippen molar-refractivity contribution in [2.75, 3.05) is 6.54 Å². The third-order valence-corrected chi connectivity index (χ3v) is 6.42. The van der Waals surface area contributed by atoms with Gasteiger partial charge in [-0.25, -0.2) is 4.98 Å². The van der Waals surface area contributed by atoms with Crippen LogP contribution in [0.3, 0.4) is 0 Å². The molecule has 0 aliphatic carbocycles. The lowest BCUT2D eigenvalue weighted by atomic mass is 9.94. The largest absolute Gasteiger partial charge is 0.338 e. The minimum Gasteiger partial charge on any atom is -0.338 e. The quantitative estimate of drug-likeness (QED) is 0.465. The molecular formula is C27H32ClN5O. The van der Waals surface area contributed by atoms with Crippen molar-refractivity contribution in [2.24, 2.45) is 5.92 Å². The zero-order valence-corrected chi connectivity index (χ0v) is 20.4. The van der Waals surface area contributed by atoms with Gasteiger partial charge in [0.15, 0.2) is 0 Å². The molecule has 2 unspecified atom stereocenters. The third kappa shape index (κ3) is 6.25. The Kier molecular flexibility index (Phi) is 9.26. The standard InChI is InChI=1S/C27H31N5O.ClH/c1-2-6-26(25-13-14-31(27(25)33)18-22-7-4-3-5-8-22)30-17-24-16-29-20-32(24)19-23-11-9-21(15-28)10-12-23;/h3-5,7-12,16,20,25-26,30H,2,6,13-14,17-19H2,1H3;1H. The first-order valence-corrected chi connectivity index (χ1v) is 11.7. The molecule has 3 aromatic rings. The number of likely N-dealkylation sites (tertiary alicyclic amines) is 1. The van der Waals surface area contributed by atoms with Gasteiger partial charge in [-0.05, 0) is 36.1 Å². The maximum Gasteiger partial charge on any atom is 0.227 e. The second-order valence-electron chi connectivity index (χ2n) is 8.74. The molecule has 0 saturated carbocycles. The number of imidazole rings is 1. The fourth-order valence-electron chi connectivity index (χ4n) is 4.61. The zero-order valence-electron chi connectivity index (χ0n) is 19.6. The summed E-state index contributed by atoms with van der Waals surface area (Å²) in [6, 6.07) is 20.2. The van der Waals surface area contributed by atoms with E-state index in [0.29, 0.717) is 25.2 Å². The number of hydrogen-bond donors (Lipinski definition) is 1. The SMILES string of the molecule is CCCC(NCc1cncn1Cc1ccc(C#N)cc1)C1CCN(Cc2ccccc2)C1=O.Cl. The van der Waals surface area contributed by atoms with E-state index in [-0.39, 0.29) is 30.3 Å². The van der Waals surface area contributed by atoms with Crippen molar-refractivity contribution < 1.29 is 4.79 Å². The lowest BCUT2D eigenvalue weighted by molar-refractivity contribution is -0.132. The molecule has 1 saturated heterocycles. The summed E-state index contributed by atoms with van der Waals surface area (Å²) < 4.78 is 2.12. The van der Waals surface area contributed by atoms with Gasteiger partial charge < -0.3 is 14.8 Å². The van der Waals surface area contributed by atoms with E-state index in [4.69, 9.17) is 5.26 Å². The van der Waals surface area contributed by atoms with E-state index >= 15 is 0 Å². The van der Waals surface area contributed by atoms with Crippen LogP contribution in [0.1, 0.15) is 48.6 Å². The van der Waals surface area contributed by atoms with Crippen LogP contribution in [0.5, 0.6) is 0 Å². The van der Waals surface area contributed by atoms with Crippen molar-refractivity contribution in [1.29, 1.82) is 5.26 Å². The normalized spacial score (nSPS) is 16.2. The molecule has 178 valence electrons. The summed E-state index contributed by atoms with van der Waals surface area (Å²) in [5.41, 5.74) is 4.06. The molecule has 0 spiro atoms. The average molecular weight is 478 g/mol. The van der Waals surface area contributed by atoms with Gasteiger partial charge in [0.25, 0.3) is 0 Å². The number of nitrogens with zero attached hydrogens (tertiary/aromatic N) is 4. The first-order valence-electron chi connectivity index (χ1n) is 11.7. The Hall–Kier alpha value is -3.14. The number of hydrogen-bond acceptors (Lipinski definition) is 4. The lowest BCUT2D eigenvalue weighted by Gasteiger charge is -2.24. The van der Waals surface area contributed by atoms with E-state index in [2.05, 4.69) is 40.0 Å². The molecule has 1 aliphatic heterocycles. The van der Waals surface area contributed by atoms with Crippen molar-refractivity contribution in [3.63, 3.8) is 0 Å². The molecule has 7 heteroatoms. The van der Waals surface area contributed by atoms with Gasteiger partial charge in [0, 0.05) is 38.4 Å². The van der Waals surface area contributed by atoms with Crippen LogP contribution in [0, 0.1) is 17.2 Å². The molecule has 1 N–H and O–H groups in total. The van der Waals surface area contributed by atoms with Crippen molar-refractivity contribution in [3.8, 4) is 6.07 Å². The maximum absolute atomic E-state index is 13.2. The highest BCUT2D eigenvalue weighted by atomic mass is 35.5. The molecule has 2 heterocycles. The van der Waals surface area contributed by atoms with Crippen molar-refractivity contribution >= 4 is 18.3 Å². The number of halogens is 1. The fourth-order valence-corrected chi connectivity index (χ4v) is 4.61. The molecular weight excluding hydrogens is 446 g/mol. The van der Waals surface area contributed by atoms with Crippen molar-refractivity contribution in [1.82, 2.24) is 19.8 Å². The molecule has 2 atom stereocenters. The summed E-state index contributed by atoms with van der Waals surface area (Å²) in [4.78, 5) is 19.5. The monoisotopic (exact) mass is 477 g/mol. The van der Waals surface area contributed by atoms with Crippen molar-refractivity contribution in [3.05, 3.63) is 89.5 Å². The van der Waals surface area contributed by atoms with E-state index < -0.39 is 0 Å². The summed E-state index contributed by atoms with van der Waals surface area (Å²) in [6.45, 7) is 5.05. The predicted octanol–water partition coefficient (Wildman–Crippen LogP) is 4.53. The topological polar surface area (TPSA) is 74.0 Å². The summed E-state index contributed by atoms with van der Waals surface area (Å²) in [5.74, 6) is 0.277. The van der Waals surface area contributed by atoms with Gasteiger partial charge in [0.2, 0.25) is 5.91 Å². The summed E-state index contributed by atoms with van der Waals surface area (Å²) in [5, 5.41) is 12.7. The van der Waals surface area contributed by atoms with Gasteiger partial charge in [0.1, 0.15) is 0 Å². The molecule has 4 rings (SSSR count). The minimum absolute atomic E-state index is 0. The predicted molar refractivity (Wildman–Crippen MR) is 135 cm³/mol.